The molecular weight excluding hydrogens is 250 g/mol. The summed E-state index contributed by atoms with van der Waals surface area (Å²) in [5, 5.41) is 3.40. The summed E-state index contributed by atoms with van der Waals surface area (Å²) in [6.45, 7) is 8.82. The molecule has 1 unspecified atom stereocenters. The lowest BCUT2D eigenvalue weighted by atomic mass is 10.1. The Bertz CT molecular complexity index is 519. The Kier molecular flexibility index (Phi) is 5.18. The fraction of sp³-hybridized carbons (Fsp3) is 0.438. The standard InChI is InChI=1S/C16H23N3O/c1-4-18-13(3)14-6-8-16(9-7-14)20-11-15-10-17-12-19(15)5-2/h6-10,12-13,18H,4-5,11H2,1-3H3. The molecule has 20 heavy (non-hydrogen) atoms. The van der Waals surface area contributed by atoms with Crippen molar-refractivity contribution in [3.05, 3.63) is 48.0 Å². The maximum Gasteiger partial charge on any atom is 0.130 e. The number of benzene rings is 1. The molecule has 0 spiro atoms. The van der Waals surface area contributed by atoms with Crippen molar-refractivity contribution in [3.8, 4) is 5.75 Å². The topological polar surface area (TPSA) is 39.1 Å². The molecule has 0 aliphatic heterocycles. The average molecular weight is 273 g/mol. The molecule has 1 heterocycles. The summed E-state index contributed by atoms with van der Waals surface area (Å²) in [5.41, 5.74) is 2.37. The zero-order valence-electron chi connectivity index (χ0n) is 12.5. The van der Waals surface area contributed by atoms with E-state index in [0.29, 0.717) is 12.6 Å². The van der Waals surface area contributed by atoms with Gasteiger partial charge in [-0.15, -0.1) is 0 Å². The van der Waals surface area contributed by atoms with Crippen LogP contribution in [0.3, 0.4) is 0 Å². The van der Waals surface area contributed by atoms with E-state index in [1.807, 2.05) is 24.7 Å². The van der Waals surface area contributed by atoms with Gasteiger partial charge >= 0.3 is 0 Å². The van der Waals surface area contributed by atoms with Crippen molar-refractivity contribution in [1.29, 1.82) is 0 Å². The second kappa shape index (κ2) is 7.10. The molecule has 1 aromatic carbocycles. The predicted molar refractivity (Wildman–Crippen MR) is 80.8 cm³/mol. The highest BCUT2D eigenvalue weighted by Crippen LogP contribution is 2.18. The Morgan fingerprint density at radius 2 is 2.00 bits per heavy atom. The maximum atomic E-state index is 5.81. The van der Waals surface area contributed by atoms with E-state index < -0.39 is 0 Å². The van der Waals surface area contributed by atoms with Crippen molar-refractivity contribution in [1.82, 2.24) is 14.9 Å². The van der Waals surface area contributed by atoms with Crippen molar-refractivity contribution in [2.24, 2.45) is 0 Å². The number of nitrogens with one attached hydrogen (secondary N) is 1. The first-order valence-corrected chi connectivity index (χ1v) is 7.19. The Balaban J connectivity index is 1.94. The Hall–Kier alpha value is -1.81. The molecule has 4 nitrogen and oxygen atoms in total. The number of aromatic nitrogens is 2. The summed E-state index contributed by atoms with van der Waals surface area (Å²) in [7, 11) is 0. The minimum Gasteiger partial charge on any atom is -0.487 e. The molecule has 0 amide bonds. The highest BCUT2D eigenvalue weighted by atomic mass is 16.5. The summed E-state index contributed by atoms with van der Waals surface area (Å²) in [6.07, 6.45) is 3.69. The molecule has 0 aliphatic carbocycles. The van der Waals surface area contributed by atoms with Gasteiger partial charge in [0.15, 0.2) is 0 Å². The largest absolute Gasteiger partial charge is 0.487 e. The number of aryl methyl sites for hydroxylation is 1. The van der Waals surface area contributed by atoms with Gasteiger partial charge in [-0.05, 0) is 38.1 Å². The van der Waals surface area contributed by atoms with Crippen LogP contribution in [0.4, 0.5) is 0 Å². The van der Waals surface area contributed by atoms with Gasteiger partial charge in [-0.2, -0.15) is 0 Å². The number of rotatable bonds is 7. The monoisotopic (exact) mass is 273 g/mol. The van der Waals surface area contributed by atoms with Gasteiger partial charge in [-0.25, -0.2) is 4.98 Å². The summed E-state index contributed by atoms with van der Waals surface area (Å²) >= 11 is 0. The number of imidazole rings is 1. The fourth-order valence-electron chi connectivity index (χ4n) is 2.19. The molecule has 0 saturated heterocycles. The zero-order chi connectivity index (χ0) is 14.4. The highest BCUT2D eigenvalue weighted by Gasteiger charge is 2.05. The lowest BCUT2D eigenvalue weighted by molar-refractivity contribution is 0.295. The Morgan fingerprint density at radius 3 is 2.65 bits per heavy atom. The van der Waals surface area contributed by atoms with Gasteiger partial charge in [0.2, 0.25) is 0 Å². The van der Waals surface area contributed by atoms with Gasteiger partial charge in [0.05, 0.1) is 18.2 Å². The van der Waals surface area contributed by atoms with Gasteiger partial charge in [0.1, 0.15) is 12.4 Å². The van der Waals surface area contributed by atoms with E-state index in [-0.39, 0.29) is 0 Å². The highest BCUT2D eigenvalue weighted by molar-refractivity contribution is 5.29. The molecule has 4 heteroatoms. The molecule has 1 atom stereocenters. The van der Waals surface area contributed by atoms with Gasteiger partial charge < -0.3 is 14.6 Å². The van der Waals surface area contributed by atoms with Gasteiger partial charge in [0.25, 0.3) is 0 Å². The van der Waals surface area contributed by atoms with Crippen molar-refractivity contribution >= 4 is 0 Å². The molecule has 0 fully saturated rings. The van der Waals surface area contributed by atoms with E-state index in [9.17, 15) is 0 Å². The predicted octanol–water partition coefficient (Wildman–Crippen LogP) is 3.15. The molecule has 108 valence electrons. The summed E-state index contributed by atoms with van der Waals surface area (Å²) < 4.78 is 7.89. The van der Waals surface area contributed by atoms with Crippen LogP contribution in [0.5, 0.6) is 5.75 Å². The van der Waals surface area contributed by atoms with E-state index in [4.69, 9.17) is 4.74 Å². The van der Waals surface area contributed by atoms with Crippen LogP contribution in [-0.4, -0.2) is 16.1 Å². The second-order valence-electron chi connectivity index (χ2n) is 4.81. The number of hydrogen-bond donors (Lipinski definition) is 1. The van der Waals surface area contributed by atoms with Crippen LogP contribution in [0, 0.1) is 0 Å². The number of nitrogens with zero attached hydrogens (tertiary/aromatic N) is 2. The third-order valence-electron chi connectivity index (χ3n) is 3.42. The molecule has 0 radical (unpaired) electrons. The molecule has 1 aromatic heterocycles. The summed E-state index contributed by atoms with van der Waals surface area (Å²) in [4.78, 5) is 4.14. The molecule has 0 bridgehead atoms. The van der Waals surface area contributed by atoms with E-state index in [2.05, 4.69) is 47.8 Å². The lowest BCUT2D eigenvalue weighted by Crippen LogP contribution is -2.17. The van der Waals surface area contributed by atoms with Gasteiger partial charge in [0, 0.05) is 12.6 Å². The van der Waals surface area contributed by atoms with Crippen LogP contribution >= 0.6 is 0 Å². The van der Waals surface area contributed by atoms with Crippen LogP contribution in [0.25, 0.3) is 0 Å². The summed E-state index contributed by atoms with van der Waals surface area (Å²) in [6, 6.07) is 8.64. The maximum absolute atomic E-state index is 5.81. The third-order valence-corrected chi connectivity index (χ3v) is 3.42. The first kappa shape index (κ1) is 14.6. The van der Waals surface area contributed by atoms with Gasteiger partial charge in [-0.1, -0.05) is 19.1 Å². The minimum absolute atomic E-state index is 0.371. The fourth-order valence-corrected chi connectivity index (χ4v) is 2.19. The first-order valence-electron chi connectivity index (χ1n) is 7.19. The normalized spacial score (nSPS) is 12.3. The molecule has 2 aromatic rings. The average Bonchev–Trinajstić information content (AvgIpc) is 2.93. The SMILES string of the molecule is CCNC(C)c1ccc(OCc2cncn2CC)cc1. The van der Waals surface area contributed by atoms with E-state index in [0.717, 1.165) is 24.5 Å². The number of ether oxygens (including phenoxy) is 1. The van der Waals surface area contributed by atoms with Crippen LogP contribution in [0.1, 0.15) is 38.1 Å². The smallest absolute Gasteiger partial charge is 0.130 e. The van der Waals surface area contributed by atoms with Crippen LogP contribution in [0.15, 0.2) is 36.8 Å². The molecule has 0 saturated carbocycles. The second-order valence-corrected chi connectivity index (χ2v) is 4.81. The van der Waals surface area contributed by atoms with Crippen molar-refractivity contribution in [2.75, 3.05) is 6.54 Å². The quantitative estimate of drug-likeness (QED) is 0.842. The van der Waals surface area contributed by atoms with E-state index in [1.54, 1.807) is 0 Å². The third kappa shape index (κ3) is 3.61. The lowest BCUT2D eigenvalue weighted by Gasteiger charge is -2.13. The number of hydrogen-bond acceptors (Lipinski definition) is 3. The summed E-state index contributed by atoms with van der Waals surface area (Å²) in [5.74, 6) is 0.890. The molecule has 1 N–H and O–H groups in total. The zero-order valence-corrected chi connectivity index (χ0v) is 12.5. The minimum atomic E-state index is 0.371. The van der Waals surface area contributed by atoms with Crippen LogP contribution < -0.4 is 10.1 Å². The molecule has 0 aliphatic rings. The van der Waals surface area contributed by atoms with E-state index in [1.165, 1.54) is 5.56 Å². The van der Waals surface area contributed by atoms with Crippen molar-refractivity contribution in [3.63, 3.8) is 0 Å². The first-order chi connectivity index (χ1) is 9.74. The van der Waals surface area contributed by atoms with Crippen molar-refractivity contribution in [2.45, 2.75) is 40.0 Å². The Morgan fingerprint density at radius 1 is 1.25 bits per heavy atom. The molecule has 2 rings (SSSR count). The van der Waals surface area contributed by atoms with Crippen molar-refractivity contribution < 1.29 is 4.74 Å². The Labute approximate surface area is 120 Å². The molecular formula is C16H23N3O. The van der Waals surface area contributed by atoms with E-state index >= 15 is 0 Å². The van der Waals surface area contributed by atoms with Crippen LogP contribution in [0.2, 0.25) is 0 Å². The van der Waals surface area contributed by atoms with Gasteiger partial charge in [-0.3, -0.25) is 0 Å². The van der Waals surface area contributed by atoms with Crippen LogP contribution in [-0.2, 0) is 13.2 Å².